The van der Waals surface area contributed by atoms with Crippen molar-refractivity contribution in [3.63, 3.8) is 0 Å². The Kier molecular flexibility index (Phi) is 4.89. The first kappa shape index (κ1) is 19.3. The molecule has 148 valence electrons. The molecular weight excluding hydrogens is 428 g/mol. The number of fused-ring (bicyclic) bond motifs is 1. The molecular formula is C21H22BrF2N3O. The van der Waals surface area contributed by atoms with E-state index < -0.39 is 5.92 Å². The number of aromatic nitrogens is 3. The molecule has 3 aromatic rings. The SMILES string of the molecule is Cc1nc(-n2c(C)ccc2C)nc2c(OC3CCC(F)(F)CC3)cc(Br)cc12. The zero-order valence-electron chi connectivity index (χ0n) is 16.1. The van der Waals surface area contributed by atoms with Crippen LogP contribution in [0, 0.1) is 20.8 Å². The van der Waals surface area contributed by atoms with Crippen molar-refractivity contribution in [1.82, 2.24) is 14.5 Å². The van der Waals surface area contributed by atoms with Gasteiger partial charge >= 0.3 is 0 Å². The van der Waals surface area contributed by atoms with Gasteiger partial charge in [0, 0.05) is 34.1 Å². The second-order valence-corrected chi connectivity index (χ2v) is 8.45. The molecule has 0 unspecified atom stereocenters. The van der Waals surface area contributed by atoms with Crippen molar-refractivity contribution in [2.45, 2.75) is 58.5 Å². The number of aryl methyl sites for hydroxylation is 3. The third-order valence-corrected chi connectivity index (χ3v) is 5.80. The van der Waals surface area contributed by atoms with E-state index in [4.69, 9.17) is 9.72 Å². The lowest BCUT2D eigenvalue weighted by atomic mass is 9.94. The first-order valence-corrected chi connectivity index (χ1v) is 10.2. The summed E-state index contributed by atoms with van der Waals surface area (Å²) >= 11 is 3.52. The summed E-state index contributed by atoms with van der Waals surface area (Å²) in [4.78, 5) is 9.48. The number of hydrogen-bond acceptors (Lipinski definition) is 3. The van der Waals surface area contributed by atoms with E-state index in [1.54, 1.807) is 0 Å². The largest absolute Gasteiger partial charge is 0.488 e. The fourth-order valence-corrected chi connectivity index (χ4v) is 4.22. The number of hydrogen-bond donors (Lipinski definition) is 0. The smallest absolute Gasteiger partial charge is 0.248 e. The molecule has 2 heterocycles. The number of benzene rings is 1. The van der Waals surface area contributed by atoms with Crippen LogP contribution in [0.4, 0.5) is 8.78 Å². The highest BCUT2D eigenvalue weighted by Crippen LogP contribution is 2.37. The summed E-state index contributed by atoms with van der Waals surface area (Å²) in [5.74, 6) is -1.38. The second-order valence-electron chi connectivity index (χ2n) is 7.53. The number of nitrogens with zero attached hydrogens (tertiary/aromatic N) is 3. The molecule has 1 fully saturated rings. The van der Waals surface area contributed by atoms with Crippen LogP contribution in [0.2, 0.25) is 0 Å². The van der Waals surface area contributed by atoms with Crippen LogP contribution in [0.5, 0.6) is 5.75 Å². The van der Waals surface area contributed by atoms with Crippen LogP contribution in [-0.2, 0) is 0 Å². The molecule has 0 amide bonds. The molecule has 0 aliphatic heterocycles. The molecule has 0 radical (unpaired) electrons. The summed E-state index contributed by atoms with van der Waals surface area (Å²) in [5, 5.41) is 0.886. The van der Waals surface area contributed by atoms with E-state index in [2.05, 4.69) is 20.9 Å². The Balaban J connectivity index is 1.78. The van der Waals surface area contributed by atoms with E-state index in [1.807, 2.05) is 49.6 Å². The van der Waals surface area contributed by atoms with Gasteiger partial charge in [-0.2, -0.15) is 0 Å². The predicted molar refractivity (Wildman–Crippen MR) is 109 cm³/mol. The van der Waals surface area contributed by atoms with Crippen LogP contribution >= 0.6 is 15.9 Å². The van der Waals surface area contributed by atoms with Gasteiger partial charge in [-0.25, -0.2) is 18.7 Å². The Morgan fingerprint density at radius 2 is 1.71 bits per heavy atom. The number of rotatable bonds is 3. The molecule has 4 nitrogen and oxygen atoms in total. The minimum Gasteiger partial charge on any atom is -0.488 e. The molecule has 28 heavy (non-hydrogen) atoms. The molecule has 1 saturated carbocycles. The summed E-state index contributed by atoms with van der Waals surface area (Å²) in [7, 11) is 0. The Labute approximate surface area is 171 Å². The van der Waals surface area contributed by atoms with Crippen LogP contribution in [0.3, 0.4) is 0 Å². The maximum absolute atomic E-state index is 13.5. The van der Waals surface area contributed by atoms with E-state index >= 15 is 0 Å². The lowest BCUT2D eigenvalue weighted by molar-refractivity contribution is -0.0580. The van der Waals surface area contributed by atoms with Crippen LogP contribution in [0.25, 0.3) is 16.9 Å². The monoisotopic (exact) mass is 449 g/mol. The number of halogens is 3. The topological polar surface area (TPSA) is 39.9 Å². The Morgan fingerprint density at radius 1 is 1.07 bits per heavy atom. The highest BCUT2D eigenvalue weighted by Gasteiger charge is 2.36. The van der Waals surface area contributed by atoms with Gasteiger partial charge in [0.2, 0.25) is 11.9 Å². The molecule has 0 saturated heterocycles. The van der Waals surface area contributed by atoms with Crippen LogP contribution in [0.15, 0.2) is 28.7 Å². The quantitative estimate of drug-likeness (QED) is 0.487. The lowest BCUT2D eigenvalue weighted by Gasteiger charge is -2.29. The van der Waals surface area contributed by atoms with Crippen molar-refractivity contribution in [3.05, 3.63) is 45.8 Å². The van der Waals surface area contributed by atoms with E-state index in [1.165, 1.54) is 0 Å². The maximum Gasteiger partial charge on any atom is 0.248 e. The molecule has 1 aliphatic rings. The summed E-state index contributed by atoms with van der Waals surface area (Å²) in [6.07, 6.45) is 0.183. The van der Waals surface area contributed by atoms with Gasteiger partial charge in [-0.3, -0.25) is 4.57 Å². The fourth-order valence-electron chi connectivity index (χ4n) is 3.79. The Bertz CT molecular complexity index is 1020. The summed E-state index contributed by atoms with van der Waals surface area (Å²) < 4.78 is 36.0. The maximum atomic E-state index is 13.5. The molecule has 2 aromatic heterocycles. The van der Waals surface area contributed by atoms with Gasteiger partial charge in [0.15, 0.2) is 0 Å². The third-order valence-electron chi connectivity index (χ3n) is 5.34. The van der Waals surface area contributed by atoms with Gasteiger partial charge in [-0.15, -0.1) is 0 Å². The molecule has 4 rings (SSSR count). The van der Waals surface area contributed by atoms with E-state index in [-0.39, 0.29) is 18.9 Å². The zero-order chi connectivity index (χ0) is 20.1. The van der Waals surface area contributed by atoms with Gasteiger partial charge in [0.25, 0.3) is 0 Å². The van der Waals surface area contributed by atoms with Gasteiger partial charge in [0.05, 0.1) is 11.8 Å². The number of ether oxygens (including phenoxy) is 1. The van der Waals surface area contributed by atoms with E-state index in [9.17, 15) is 8.78 Å². The first-order valence-electron chi connectivity index (χ1n) is 9.41. The van der Waals surface area contributed by atoms with Crippen LogP contribution in [0.1, 0.15) is 42.8 Å². The predicted octanol–water partition coefficient (Wildman–Crippen LogP) is 6.06. The lowest BCUT2D eigenvalue weighted by Crippen LogP contribution is -2.30. The van der Waals surface area contributed by atoms with Crippen molar-refractivity contribution in [1.29, 1.82) is 0 Å². The van der Waals surface area contributed by atoms with E-state index in [0.29, 0.717) is 30.1 Å². The average Bonchev–Trinajstić information content (AvgIpc) is 2.96. The second kappa shape index (κ2) is 7.10. The molecule has 0 atom stereocenters. The highest BCUT2D eigenvalue weighted by molar-refractivity contribution is 9.10. The zero-order valence-corrected chi connectivity index (χ0v) is 17.7. The summed E-state index contributed by atoms with van der Waals surface area (Å²) in [6.45, 7) is 5.97. The highest BCUT2D eigenvalue weighted by atomic mass is 79.9. The van der Waals surface area contributed by atoms with Gasteiger partial charge in [-0.05, 0) is 57.9 Å². The molecule has 1 aromatic carbocycles. The standard InChI is InChI=1S/C21H22BrF2N3O/c1-12-4-5-13(2)27(12)20-25-14(3)17-10-15(22)11-18(19(17)26-20)28-16-6-8-21(23,24)9-7-16/h4-5,10-11,16H,6-9H2,1-3H3. The van der Waals surface area contributed by atoms with Gasteiger partial charge in [0.1, 0.15) is 11.3 Å². The summed E-state index contributed by atoms with van der Waals surface area (Å²) in [5.41, 5.74) is 3.64. The third kappa shape index (κ3) is 3.64. The molecule has 1 aliphatic carbocycles. The van der Waals surface area contributed by atoms with Gasteiger partial charge in [-0.1, -0.05) is 15.9 Å². The summed E-state index contributed by atoms with van der Waals surface area (Å²) in [6, 6.07) is 7.88. The fraction of sp³-hybridized carbons (Fsp3) is 0.429. The first-order chi connectivity index (χ1) is 13.2. The Hall–Kier alpha value is -2.02. The minimum atomic E-state index is -2.57. The molecule has 0 N–H and O–H groups in total. The normalized spacial score (nSPS) is 17.2. The minimum absolute atomic E-state index is 0.134. The molecule has 0 bridgehead atoms. The van der Waals surface area contributed by atoms with Crippen LogP contribution < -0.4 is 4.74 Å². The van der Waals surface area contributed by atoms with Crippen molar-refractivity contribution >= 4 is 26.8 Å². The molecule has 0 spiro atoms. The number of alkyl halides is 2. The van der Waals surface area contributed by atoms with Gasteiger partial charge < -0.3 is 4.74 Å². The van der Waals surface area contributed by atoms with Crippen LogP contribution in [-0.4, -0.2) is 26.6 Å². The average molecular weight is 450 g/mol. The molecule has 7 heteroatoms. The van der Waals surface area contributed by atoms with E-state index in [0.717, 1.165) is 26.9 Å². The van der Waals surface area contributed by atoms with Crippen molar-refractivity contribution < 1.29 is 13.5 Å². The van der Waals surface area contributed by atoms with Crippen molar-refractivity contribution in [3.8, 4) is 11.7 Å². The Morgan fingerprint density at radius 3 is 2.36 bits per heavy atom. The van der Waals surface area contributed by atoms with Crippen molar-refractivity contribution in [2.24, 2.45) is 0 Å². The van der Waals surface area contributed by atoms with Crippen molar-refractivity contribution in [2.75, 3.05) is 0 Å².